The SMILES string of the molecule is CNC(=O)NC(=O)CC(C)(C)C(=O)O. The molecule has 0 aromatic carbocycles. The van der Waals surface area contributed by atoms with E-state index in [-0.39, 0.29) is 6.42 Å². The van der Waals surface area contributed by atoms with Crippen LogP contribution in [0, 0.1) is 5.41 Å². The van der Waals surface area contributed by atoms with E-state index in [1.54, 1.807) is 0 Å². The molecule has 0 bridgehead atoms. The second-order valence-electron chi connectivity index (χ2n) is 3.49. The molecule has 0 saturated carbocycles. The minimum Gasteiger partial charge on any atom is -0.481 e. The topological polar surface area (TPSA) is 95.5 Å². The third-order valence-electron chi connectivity index (χ3n) is 1.66. The van der Waals surface area contributed by atoms with Gasteiger partial charge in [0.25, 0.3) is 0 Å². The first-order valence-electron chi connectivity index (χ1n) is 4.04. The molecule has 3 N–H and O–H groups in total. The lowest BCUT2D eigenvalue weighted by Gasteiger charge is -2.17. The third-order valence-corrected chi connectivity index (χ3v) is 1.66. The van der Waals surface area contributed by atoms with E-state index in [1.165, 1.54) is 20.9 Å². The van der Waals surface area contributed by atoms with Gasteiger partial charge in [0.1, 0.15) is 0 Å². The van der Waals surface area contributed by atoms with Gasteiger partial charge in [0.05, 0.1) is 5.41 Å². The van der Waals surface area contributed by atoms with Crippen LogP contribution in [-0.2, 0) is 9.59 Å². The number of carbonyl (C=O) groups is 3. The van der Waals surface area contributed by atoms with Crippen molar-refractivity contribution in [1.29, 1.82) is 0 Å². The quantitative estimate of drug-likeness (QED) is 0.597. The maximum Gasteiger partial charge on any atom is 0.321 e. The number of hydrogen-bond donors (Lipinski definition) is 3. The Kier molecular flexibility index (Phi) is 4.07. The molecule has 14 heavy (non-hydrogen) atoms. The number of carbonyl (C=O) groups excluding carboxylic acids is 2. The van der Waals surface area contributed by atoms with Crippen LogP contribution >= 0.6 is 0 Å². The molecule has 0 saturated heterocycles. The number of urea groups is 1. The normalized spacial score (nSPS) is 10.5. The molecule has 0 aliphatic rings. The van der Waals surface area contributed by atoms with Crippen molar-refractivity contribution in [3.63, 3.8) is 0 Å². The molecule has 0 atom stereocenters. The Morgan fingerprint density at radius 3 is 2.14 bits per heavy atom. The van der Waals surface area contributed by atoms with Gasteiger partial charge in [-0.2, -0.15) is 0 Å². The molecule has 0 heterocycles. The largest absolute Gasteiger partial charge is 0.481 e. The number of amides is 3. The number of carboxylic acids is 1. The predicted octanol–water partition coefficient (Wildman–Crippen LogP) is -0.0571. The highest BCUT2D eigenvalue weighted by molar-refractivity contribution is 5.96. The number of hydrogen-bond acceptors (Lipinski definition) is 3. The maximum atomic E-state index is 11.1. The van der Waals surface area contributed by atoms with Crippen LogP contribution in [0.1, 0.15) is 20.3 Å². The molecular weight excluding hydrogens is 188 g/mol. The summed E-state index contributed by atoms with van der Waals surface area (Å²) in [5.41, 5.74) is -1.17. The first kappa shape index (κ1) is 12.4. The Morgan fingerprint density at radius 2 is 1.79 bits per heavy atom. The van der Waals surface area contributed by atoms with Crippen LogP contribution < -0.4 is 10.6 Å². The lowest BCUT2D eigenvalue weighted by atomic mass is 9.89. The molecule has 0 spiro atoms. The van der Waals surface area contributed by atoms with Gasteiger partial charge in [0.15, 0.2) is 0 Å². The van der Waals surface area contributed by atoms with Gasteiger partial charge in [-0.1, -0.05) is 0 Å². The minimum absolute atomic E-state index is 0.240. The van der Waals surface area contributed by atoms with Crippen molar-refractivity contribution in [2.45, 2.75) is 20.3 Å². The summed E-state index contributed by atoms with van der Waals surface area (Å²) in [6.45, 7) is 2.83. The van der Waals surface area contributed by atoms with E-state index in [1.807, 2.05) is 5.32 Å². The Labute approximate surface area is 81.7 Å². The van der Waals surface area contributed by atoms with Crippen molar-refractivity contribution in [3.8, 4) is 0 Å². The summed E-state index contributed by atoms with van der Waals surface area (Å²) in [7, 11) is 1.37. The van der Waals surface area contributed by atoms with Crippen LogP contribution in [0.5, 0.6) is 0 Å². The summed E-state index contributed by atoms with van der Waals surface area (Å²) in [5.74, 6) is -1.69. The number of carboxylic acid groups (broad SMARTS) is 1. The number of rotatable bonds is 3. The molecule has 0 aliphatic carbocycles. The third kappa shape index (κ3) is 3.88. The van der Waals surface area contributed by atoms with Gasteiger partial charge in [-0.05, 0) is 13.8 Å². The van der Waals surface area contributed by atoms with E-state index in [0.29, 0.717) is 0 Å². The van der Waals surface area contributed by atoms with Crippen LogP contribution in [0.3, 0.4) is 0 Å². The molecule has 0 aromatic rings. The van der Waals surface area contributed by atoms with Crippen LogP contribution in [0.25, 0.3) is 0 Å². The summed E-state index contributed by atoms with van der Waals surface area (Å²) >= 11 is 0. The molecule has 0 radical (unpaired) electrons. The highest BCUT2D eigenvalue weighted by atomic mass is 16.4. The van der Waals surface area contributed by atoms with Gasteiger partial charge in [0, 0.05) is 13.5 Å². The van der Waals surface area contributed by atoms with Crippen molar-refractivity contribution in [2.24, 2.45) is 5.41 Å². The van der Waals surface area contributed by atoms with Gasteiger partial charge in [-0.15, -0.1) is 0 Å². The molecule has 0 aromatic heterocycles. The van der Waals surface area contributed by atoms with Gasteiger partial charge < -0.3 is 10.4 Å². The molecule has 0 rings (SSSR count). The van der Waals surface area contributed by atoms with Crippen molar-refractivity contribution < 1.29 is 19.5 Å². The first-order valence-corrected chi connectivity index (χ1v) is 4.04. The zero-order valence-electron chi connectivity index (χ0n) is 8.38. The maximum absolute atomic E-state index is 11.1. The Hall–Kier alpha value is -1.59. The van der Waals surface area contributed by atoms with Crippen molar-refractivity contribution in [1.82, 2.24) is 10.6 Å². The molecule has 0 aliphatic heterocycles. The van der Waals surface area contributed by atoms with Crippen molar-refractivity contribution in [3.05, 3.63) is 0 Å². The summed E-state index contributed by atoms with van der Waals surface area (Å²) in [6, 6.07) is -0.642. The van der Waals surface area contributed by atoms with Crippen molar-refractivity contribution in [2.75, 3.05) is 7.05 Å². The fourth-order valence-corrected chi connectivity index (χ4v) is 0.710. The van der Waals surface area contributed by atoms with Gasteiger partial charge >= 0.3 is 12.0 Å². The second-order valence-corrected chi connectivity index (χ2v) is 3.49. The summed E-state index contributed by atoms with van der Waals surface area (Å²) in [5, 5.41) is 12.9. The molecular formula is C8H14N2O4. The zero-order valence-corrected chi connectivity index (χ0v) is 8.38. The Bertz CT molecular complexity index is 260. The van der Waals surface area contributed by atoms with Crippen molar-refractivity contribution >= 4 is 17.9 Å². The number of nitrogens with one attached hydrogen (secondary N) is 2. The van der Waals surface area contributed by atoms with E-state index >= 15 is 0 Å². The number of imide groups is 1. The summed E-state index contributed by atoms with van der Waals surface area (Å²) in [6.07, 6.45) is -0.240. The van der Waals surface area contributed by atoms with E-state index < -0.39 is 23.3 Å². The monoisotopic (exact) mass is 202 g/mol. The van der Waals surface area contributed by atoms with Crippen LogP contribution in [0.15, 0.2) is 0 Å². The molecule has 0 fully saturated rings. The fraction of sp³-hybridized carbons (Fsp3) is 0.625. The molecule has 6 heteroatoms. The Morgan fingerprint density at radius 1 is 1.29 bits per heavy atom. The average Bonchev–Trinajstić information content (AvgIpc) is 2.02. The van der Waals surface area contributed by atoms with Gasteiger partial charge in [-0.3, -0.25) is 14.9 Å². The fourth-order valence-electron chi connectivity index (χ4n) is 0.710. The van der Waals surface area contributed by atoms with Crippen LogP contribution in [0.2, 0.25) is 0 Å². The van der Waals surface area contributed by atoms with E-state index in [9.17, 15) is 14.4 Å². The van der Waals surface area contributed by atoms with E-state index in [2.05, 4.69) is 5.32 Å². The summed E-state index contributed by atoms with van der Waals surface area (Å²) < 4.78 is 0. The highest BCUT2D eigenvalue weighted by Gasteiger charge is 2.30. The lowest BCUT2D eigenvalue weighted by molar-refractivity contribution is -0.149. The average molecular weight is 202 g/mol. The van der Waals surface area contributed by atoms with Crippen LogP contribution in [-0.4, -0.2) is 30.1 Å². The molecule has 80 valence electrons. The van der Waals surface area contributed by atoms with Gasteiger partial charge in [-0.25, -0.2) is 4.79 Å². The van der Waals surface area contributed by atoms with E-state index in [0.717, 1.165) is 0 Å². The zero-order chi connectivity index (χ0) is 11.4. The molecule has 0 unspecified atom stereocenters. The first-order chi connectivity index (χ1) is 6.29. The Balaban J connectivity index is 4.19. The molecule has 3 amide bonds. The lowest BCUT2D eigenvalue weighted by Crippen LogP contribution is -2.40. The predicted molar refractivity (Wildman–Crippen MR) is 48.6 cm³/mol. The van der Waals surface area contributed by atoms with Gasteiger partial charge in [0.2, 0.25) is 5.91 Å². The number of aliphatic carboxylic acids is 1. The van der Waals surface area contributed by atoms with Crippen LogP contribution in [0.4, 0.5) is 4.79 Å². The summed E-state index contributed by atoms with van der Waals surface area (Å²) in [4.78, 5) is 32.4. The second kappa shape index (κ2) is 4.59. The smallest absolute Gasteiger partial charge is 0.321 e. The standard InChI is InChI=1S/C8H14N2O4/c1-8(2,6(12)13)4-5(11)10-7(14)9-3/h4H2,1-3H3,(H,12,13)(H2,9,10,11,14). The minimum atomic E-state index is -1.17. The van der Waals surface area contributed by atoms with E-state index in [4.69, 9.17) is 5.11 Å². The molecule has 6 nitrogen and oxygen atoms in total. The highest BCUT2D eigenvalue weighted by Crippen LogP contribution is 2.19.